The minimum Gasteiger partial charge on any atom is -0.380 e. The Bertz CT molecular complexity index is 557. The number of aromatic nitrogens is 1. The van der Waals surface area contributed by atoms with Crippen molar-refractivity contribution in [3.63, 3.8) is 0 Å². The molecule has 2 aromatic rings. The molecule has 19 heavy (non-hydrogen) atoms. The third-order valence-corrected chi connectivity index (χ3v) is 3.25. The number of nitrogen functional groups attached to an aromatic ring is 1. The maximum Gasteiger partial charge on any atom is 0.175 e. The summed E-state index contributed by atoms with van der Waals surface area (Å²) in [6.45, 7) is 4.03. The van der Waals surface area contributed by atoms with Gasteiger partial charge < -0.3 is 10.3 Å². The van der Waals surface area contributed by atoms with Crippen LogP contribution in [0.2, 0.25) is 0 Å². The van der Waals surface area contributed by atoms with Crippen LogP contribution in [0, 0.1) is 11.6 Å². The van der Waals surface area contributed by atoms with Crippen LogP contribution in [0.25, 0.3) is 11.1 Å². The van der Waals surface area contributed by atoms with E-state index in [2.05, 4.69) is 5.16 Å². The molecule has 5 heteroatoms. The van der Waals surface area contributed by atoms with Gasteiger partial charge in [0, 0.05) is 12.0 Å². The summed E-state index contributed by atoms with van der Waals surface area (Å²) < 4.78 is 31.9. The Labute approximate surface area is 110 Å². The molecular formula is C14H16F2N2O. The van der Waals surface area contributed by atoms with Gasteiger partial charge in [-0.1, -0.05) is 19.0 Å². The van der Waals surface area contributed by atoms with Crippen molar-refractivity contribution in [2.45, 2.75) is 32.6 Å². The van der Waals surface area contributed by atoms with Crippen LogP contribution < -0.4 is 5.73 Å². The van der Waals surface area contributed by atoms with Crippen molar-refractivity contribution in [2.75, 3.05) is 5.73 Å². The maximum atomic E-state index is 13.3. The lowest BCUT2D eigenvalue weighted by atomic mass is 9.93. The summed E-state index contributed by atoms with van der Waals surface area (Å²) in [5.41, 5.74) is 6.62. The molecule has 1 heterocycles. The highest BCUT2D eigenvalue weighted by Gasteiger charge is 2.22. The highest BCUT2D eigenvalue weighted by atomic mass is 19.1. The third-order valence-electron chi connectivity index (χ3n) is 3.25. The number of anilines is 1. The fourth-order valence-corrected chi connectivity index (χ4v) is 2.24. The molecule has 0 aliphatic heterocycles. The first-order valence-electron chi connectivity index (χ1n) is 6.28. The summed E-state index contributed by atoms with van der Waals surface area (Å²) in [6, 6.07) is 3.29. The molecule has 0 bridgehead atoms. The number of rotatable bonds is 4. The number of nitrogens with two attached hydrogens (primary N) is 1. The van der Waals surface area contributed by atoms with Crippen LogP contribution in [0.15, 0.2) is 22.7 Å². The lowest BCUT2D eigenvalue weighted by molar-refractivity contribution is 0.356. The van der Waals surface area contributed by atoms with Crippen LogP contribution in [0.3, 0.4) is 0 Å². The Hall–Kier alpha value is -1.91. The molecule has 0 spiro atoms. The van der Waals surface area contributed by atoms with E-state index in [0.29, 0.717) is 16.9 Å². The SMILES string of the molecule is CCC(CC)c1onc(N)c1-c1cc(F)cc(F)c1. The summed E-state index contributed by atoms with van der Waals surface area (Å²) in [4.78, 5) is 0. The van der Waals surface area contributed by atoms with Crippen molar-refractivity contribution in [3.05, 3.63) is 35.6 Å². The zero-order valence-corrected chi connectivity index (χ0v) is 10.9. The second-order valence-corrected chi connectivity index (χ2v) is 4.48. The molecule has 3 nitrogen and oxygen atoms in total. The minimum absolute atomic E-state index is 0.131. The van der Waals surface area contributed by atoms with Gasteiger partial charge in [-0.15, -0.1) is 0 Å². The molecule has 102 valence electrons. The van der Waals surface area contributed by atoms with Crippen molar-refractivity contribution in [1.82, 2.24) is 5.16 Å². The molecular weight excluding hydrogens is 250 g/mol. The van der Waals surface area contributed by atoms with Gasteiger partial charge in [-0.2, -0.15) is 0 Å². The first-order chi connectivity index (χ1) is 9.06. The average molecular weight is 266 g/mol. The maximum absolute atomic E-state index is 13.3. The summed E-state index contributed by atoms with van der Waals surface area (Å²) in [6.07, 6.45) is 1.69. The summed E-state index contributed by atoms with van der Waals surface area (Å²) >= 11 is 0. The predicted molar refractivity (Wildman–Crippen MR) is 69.6 cm³/mol. The first-order valence-corrected chi connectivity index (χ1v) is 6.28. The van der Waals surface area contributed by atoms with E-state index in [1.54, 1.807) is 0 Å². The molecule has 0 fully saturated rings. The van der Waals surface area contributed by atoms with E-state index in [1.807, 2.05) is 13.8 Å². The predicted octanol–water partition coefficient (Wildman–Crippen LogP) is 4.11. The van der Waals surface area contributed by atoms with Gasteiger partial charge in [-0.05, 0) is 30.5 Å². The molecule has 0 aliphatic rings. The van der Waals surface area contributed by atoms with Crippen LogP contribution in [-0.2, 0) is 0 Å². The lowest BCUT2D eigenvalue weighted by Crippen LogP contribution is -1.98. The largest absolute Gasteiger partial charge is 0.380 e. The molecule has 0 saturated heterocycles. The molecule has 1 aromatic heterocycles. The van der Waals surface area contributed by atoms with E-state index >= 15 is 0 Å². The molecule has 0 amide bonds. The van der Waals surface area contributed by atoms with Gasteiger partial charge in [0.25, 0.3) is 0 Å². The van der Waals surface area contributed by atoms with Crippen molar-refractivity contribution >= 4 is 5.82 Å². The summed E-state index contributed by atoms with van der Waals surface area (Å²) in [5, 5.41) is 3.73. The van der Waals surface area contributed by atoms with Gasteiger partial charge in [-0.25, -0.2) is 8.78 Å². The second-order valence-electron chi connectivity index (χ2n) is 4.48. The summed E-state index contributed by atoms with van der Waals surface area (Å²) in [5.74, 6) is -0.414. The Kier molecular flexibility index (Phi) is 3.83. The van der Waals surface area contributed by atoms with E-state index in [9.17, 15) is 8.78 Å². The van der Waals surface area contributed by atoms with E-state index in [1.165, 1.54) is 12.1 Å². The number of benzene rings is 1. The van der Waals surface area contributed by atoms with Gasteiger partial charge in [0.2, 0.25) is 0 Å². The topological polar surface area (TPSA) is 52.0 Å². The molecule has 0 saturated carbocycles. The Morgan fingerprint density at radius 2 is 1.74 bits per heavy atom. The molecule has 0 aliphatic carbocycles. The Morgan fingerprint density at radius 1 is 1.16 bits per heavy atom. The lowest BCUT2D eigenvalue weighted by Gasteiger charge is -2.11. The van der Waals surface area contributed by atoms with Crippen LogP contribution in [0.5, 0.6) is 0 Å². The molecule has 2 N–H and O–H groups in total. The monoisotopic (exact) mass is 266 g/mol. The van der Waals surface area contributed by atoms with Crippen molar-refractivity contribution in [3.8, 4) is 11.1 Å². The van der Waals surface area contributed by atoms with Gasteiger partial charge >= 0.3 is 0 Å². The smallest absolute Gasteiger partial charge is 0.175 e. The van der Waals surface area contributed by atoms with Crippen LogP contribution in [-0.4, -0.2) is 5.16 Å². The molecule has 1 aromatic carbocycles. The molecule has 0 unspecified atom stereocenters. The van der Waals surface area contributed by atoms with E-state index in [4.69, 9.17) is 10.3 Å². The highest BCUT2D eigenvalue weighted by Crippen LogP contribution is 2.37. The van der Waals surface area contributed by atoms with E-state index < -0.39 is 11.6 Å². The van der Waals surface area contributed by atoms with E-state index in [-0.39, 0.29) is 11.7 Å². The number of hydrogen-bond donors (Lipinski definition) is 1. The third kappa shape index (κ3) is 2.59. The van der Waals surface area contributed by atoms with Gasteiger partial charge in [-0.3, -0.25) is 0 Å². The second kappa shape index (κ2) is 5.38. The Balaban J connectivity index is 2.58. The standard InChI is InChI=1S/C14H16F2N2O/c1-3-8(4-2)13-12(14(17)18-19-13)9-5-10(15)7-11(16)6-9/h5-8H,3-4H2,1-2H3,(H2,17,18). The zero-order chi connectivity index (χ0) is 14.0. The summed E-state index contributed by atoms with van der Waals surface area (Å²) in [7, 11) is 0. The number of nitrogens with zero attached hydrogens (tertiary/aromatic N) is 1. The Morgan fingerprint density at radius 3 is 2.26 bits per heavy atom. The van der Waals surface area contributed by atoms with Crippen molar-refractivity contribution in [2.24, 2.45) is 0 Å². The fourth-order valence-electron chi connectivity index (χ4n) is 2.24. The normalized spacial score (nSPS) is 11.2. The first kappa shape index (κ1) is 13.5. The number of hydrogen-bond acceptors (Lipinski definition) is 3. The number of halogens is 2. The van der Waals surface area contributed by atoms with Crippen LogP contribution in [0.4, 0.5) is 14.6 Å². The van der Waals surface area contributed by atoms with Gasteiger partial charge in [0.15, 0.2) is 5.82 Å². The molecule has 0 radical (unpaired) electrons. The van der Waals surface area contributed by atoms with Crippen LogP contribution >= 0.6 is 0 Å². The van der Waals surface area contributed by atoms with Crippen molar-refractivity contribution in [1.29, 1.82) is 0 Å². The zero-order valence-electron chi connectivity index (χ0n) is 10.9. The van der Waals surface area contributed by atoms with Gasteiger partial charge in [0.1, 0.15) is 17.4 Å². The van der Waals surface area contributed by atoms with Crippen LogP contribution in [0.1, 0.15) is 38.4 Å². The van der Waals surface area contributed by atoms with E-state index in [0.717, 1.165) is 18.9 Å². The quantitative estimate of drug-likeness (QED) is 0.906. The molecule has 0 atom stereocenters. The average Bonchev–Trinajstić information content (AvgIpc) is 2.72. The van der Waals surface area contributed by atoms with Gasteiger partial charge in [0.05, 0.1) is 5.56 Å². The fraction of sp³-hybridized carbons (Fsp3) is 0.357. The van der Waals surface area contributed by atoms with Crippen molar-refractivity contribution < 1.29 is 13.3 Å². The molecule has 2 rings (SSSR count). The highest BCUT2D eigenvalue weighted by molar-refractivity contribution is 5.76. The minimum atomic E-state index is -0.647.